The van der Waals surface area contributed by atoms with Crippen molar-refractivity contribution in [3.05, 3.63) is 47.1 Å². The van der Waals surface area contributed by atoms with Crippen LogP contribution < -0.4 is 5.73 Å². The van der Waals surface area contributed by atoms with Crippen LogP contribution in [0.4, 0.5) is 5.69 Å². The molecule has 76 valence electrons. The smallest absolute Gasteiger partial charge is 0.216 e. The molecule has 0 atom stereocenters. The Morgan fingerprint density at radius 3 is 2.93 bits per heavy atom. The van der Waals surface area contributed by atoms with Gasteiger partial charge >= 0.3 is 0 Å². The number of halogens is 1. The van der Waals surface area contributed by atoms with Gasteiger partial charge in [0.1, 0.15) is 12.0 Å². The highest BCUT2D eigenvalue weighted by Gasteiger charge is 2.15. The second-order valence-corrected chi connectivity index (χ2v) is 3.37. The number of nitrogens with two attached hydrogens (primary N) is 1. The molecular weight excluding hydrogens is 216 g/mol. The number of hydrogen-bond acceptors (Lipinski definition) is 4. The zero-order valence-corrected chi connectivity index (χ0v) is 8.36. The van der Waals surface area contributed by atoms with Gasteiger partial charge in [0.15, 0.2) is 6.39 Å². The van der Waals surface area contributed by atoms with Crippen LogP contribution in [-0.2, 0) is 0 Å². The Labute approximate surface area is 90.7 Å². The fourth-order valence-electron chi connectivity index (χ4n) is 1.19. The summed E-state index contributed by atoms with van der Waals surface area (Å²) < 4.78 is 4.72. The van der Waals surface area contributed by atoms with E-state index in [9.17, 15) is 4.79 Å². The lowest BCUT2D eigenvalue weighted by Gasteiger charge is -2.02. The second-order valence-electron chi connectivity index (χ2n) is 2.93. The lowest BCUT2D eigenvalue weighted by Crippen LogP contribution is -2.05. The first-order valence-corrected chi connectivity index (χ1v) is 4.54. The number of ketones is 1. The molecule has 0 aliphatic rings. The van der Waals surface area contributed by atoms with Crippen LogP contribution in [0.3, 0.4) is 0 Å². The summed E-state index contributed by atoms with van der Waals surface area (Å²) in [6.07, 6.45) is 2.46. The van der Waals surface area contributed by atoms with Gasteiger partial charge in [0.05, 0.1) is 0 Å². The molecule has 1 aromatic carbocycles. The van der Waals surface area contributed by atoms with E-state index < -0.39 is 0 Å². The molecule has 0 unspecified atom stereocenters. The van der Waals surface area contributed by atoms with E-state index in [1.165, 1.54) is 18.7 Å². The lowest BCUT2D eigenvalue weighted by atomic mass is 10.1. The number of carbonyl (C=O) groups is 1. The third-order valence-electron chi connectivity index (χ3n) is 1.92. The molecule has 4 nitrogen and oxygen atoms in total. The van der Waals surface area contributed by atoms with Crippen molar-refractivity contribution in [1.82, 2.24) is 4.98 Å². The molecule has 5 heteroatoms. The Bertz CT molecular complexity index is 494. The van der Waals surface area contributed by atoms with Crippen LogP contribution in [0.25, 0.3) is 0 Å². The number of carbonyl (C=O) groups excluding carboxylic acids is 1. The summed E-state index contributed by atoms with van der Waals surface area (Å²) in [5.74, 6) is -0.302. The van der Waals surface area contributed by atoms with Gasteiger partial charge in [-0.1, -0.05) is 11.6 Å². The van der Waals surface area contributed by atoms with Crippen LogP contribution in [0.1, 0.15) is 16.1 Å². The number of nitrogen functional groups attached to an aromatic ring is 1. The lowest BCUT2D eigenvalue weighted by molar-refractivity contribution is 0.103. The van der Waals surface area contributed by atoms with Crippen LogP contribution in [0.5, 0.6) is 0 Å². The zero-order valence-electron chi connectivity index (χ0n) is 7.61. The van der Waals surface area contributed by atoms with Gasteiger partial charge in [-0.15, -0.1) is 0 Å². The van der Waals surface area contributed by atoms with Crippen molar-refractivity contribution < 1.29 is 9.21 Å². The number of anilines is 1. The first kappa shape index (κ1) is 9.73. The molecule has 0 radical (unpaired) electrons. The highest BCUT2D eigenvalue weighted by Crippen LogP contribution is 2.20. The molecule has 2 aromatic rings. The fourth-order valence-corrected chi connectivity index (χ4v) is 1.36. The molecule has 0 aliphatic carbocycles. The molecule has 1 aromatic heterocycles. The van der Waals surface area contributed by atoms with Gasteiger partial charge in [-0.25, -0.2) is 4.98 Å². The monoisotopic (exact) mass is 222 g/mol. The maximum atomic E-state index is 11.8. The molecule has 0 spiro atoms. The minimum absolute atomic E-state index is 0.212. The maximum Gasteiger partial charge on any atom is 0.216 e. The SMILES string of the molecule is Nc1ccc(Cl)cc1C(=O)c1cocn1. The summed E-state index contributed by atoms with van der Waals surface area (Å²) >= 11 is 5.77. The number of oxazole rings is 1. The molecule has 0 saturated carbocycles. The third kappa shape index (κ3) is 1.85. The summed E-state index contributed by atoms with van der Waals surface area (Å²) in [6.45, 7) is 0. The molecule has 2 N–H and O–H groups in total. The quantitative estimate of drug-likeness (QED) is 0.624. The van der Waals surface area contributed by atoms with Crippen LogP contribution in [-0.4, -0.2) is 10.8 Å². The summed E-state index contributed by atoms with van der Waals surface area (Å²) in [7, 11) is 0. The van der Waals surface area contributed by atoms with Crippen molar-refractivity contribution >= 4 is 23.1 Å². The van der Waals surface area contributed by atoms with E-state index in [1.54, 1.807) is 12.1 Å². The van der Waals surface area contributed by atoms with Gasteiger partial charge in [-0.3, -0.25) is 4.79 Å². The van der Waals surface area contributed by atoms with Crippen LogP contribution in [0.15, 0.2) is 35.3 Å². The molecule has 0 saturated heterocycles. The van der Waals surface area contributed by atoms with Gasteiger partial charge in [0.25, 0.3) is 0 Å². The standard InChI is InChI=1S/C10H7ClN2O2/c11-6-1-2-8(12)7(3-6)10(14)9-4-15-5-13-9/h1-5H,12H2. The number of rotatable bonds is 2. The second kappa shape index (κ2) is 3.74. The Balaban J connectivity index is 2.46. The van der Waals surface area contributed by atoms with E-state index in [0.29, 0.717) is 16.3 Å². The van der Waals surface area contributed by atoms with Crippen molar-refractivity contribution in [3.8, 4) is 0 Å². The van der Waals surface area contributed by atoms with Crippen molar-refractivity contribution in [2.75, 3.05) is 5.73 Å². The number of nitrogens with zero attached hydrogens (tertiary/aromatic N) is 1. The molecule has 0 amide bonds. The average Bonchev–Trinajstić information content (AvgIpc) is 2.74. The van der Waals surface area contributed by atoms with E-state index >= 15 is 0 Å². The third-order valence-corrected chi connectivity index (χ3v) is 2.16. The highest BCUT2D eigenvalue weighted by atomic mass is 35.5. The summed E-state index contributed by atoms with van der Waals surface area (Å²) in [5.41, 5.74) is 6.57. The average molecular weight is 223 g/mol. The number of hydrogen-bond donors (Lipinski definition) is 1. The maximum absolute atomic E-state index is 11.8. The van der Waals surface area contributed by atoms with Crippen LogP contribution in [0, 0.1) is 0 Å². The van der Waals surface area contributed by atoms with Gasteiger partial charge < -0.3 is 10.2 Å². The van der Waals surface area contributed by atoms with Gasteiger partial charge in [-0.05, 0) is 18.2 Å². The Morgan fingerprint density at radius 2 is 2.27 bits per heavy atom. The van der Waals surface area contributed by atoms with E-state index in [4.69, 9.17) is 21.8 Å². The van der Waals surface area contributed by atoms with E-state index in [2.05, 4.69) is 4.98 Å². The molecular formula is C10H7ClN2O2. The Hall–Kier alpha value is -1.81. The normalized spacial score (nSPS) is 10.2. The van der Waals surface area contributed by atoms with E-state index in [-0.39, 0.29) is 11.5 Å². The van der Waals surface area contributed by atoms with Crippen molar-refractivity contribution in [2.24, 2.45) is 0 Å². The fraction of sp³-hybridized carbons (Fsp3) is 0. The van der Waals surface area contributed by atoms with Gasteiger partial charge in [0.2, 0.25) is 5.78 Å². The van der Waals surface area contributed by atoms with Crippen molar-refractivity contribution in [3.63, 3.8) is 0 Å². The number of benzene rings is 1. The Morgan fingerprint density at radius 1 is 1.47 bits per heavy atom. The summed E-state index contributed by atoms with van der Waals surface area (Å²) in [5, 5.41) is 0.455. The van der Waals surface area contributed by atoms with Crippen molar-refractivity contribution in [2.45, 2.75) is 0 Å². The molecule has 2 rings (SSSR count). The van der Waals surface area contributed by atoms with Crippen molar-refractivity contribution in [1.29, 1.82) is 0 Å². The first-order valence-electron chi connectivity index (χ1n) is 4.16. The molecule has 1 heterocycles. The largest absolute Gasteiger partial charge is 0.451 e. The predicted molar refractivity (Wildman–Crippen MR) is 55.8 cm³/mol. The number of aromatic nitrogens is 1. The van der Waals surface area contributed by atoms with Gasteiger partial charge in [-0.2, -0.15) is 0 Å². The highest BCUT2D eigenvalue weighted by molar-refractivity contribution is 6.31. The molecule has 15 heavy (non-hydrogen) atoms. The minimum atomic E-state index is -0.302. The summed E-state index contributed by atoms with van der Waals surface area (Å²) in [6, 6.07) is 4.71. The minimum Gasteiger partial charge on any atom is -0.451 e. The molecule has 0 fully saturated rings. The zero-order chi connectivity index (χ0) is 10.8. The Kier molecular flexibility index (Phi) is 2.43. The van der Waals surface area contributed by atoms with E-state index in [1.807, 2.05) is 0 Å². The van der Waals surface area contributed by atoms with Crippen LogP contribution in [0.2, 0.25) is 5.02 Å². The predicted octanol–water partition coefficient (Wildman–Crippen LogP) is 2.14. The van der Waals surface area contributed by atoms with Gasteiger partial charge in [0, 0.05) is 16.3 Å². The van der Waals surface area contributed by atoms with Crippen LogP contribution >= 0.6 is 11.6 Å². The molecule has 0 bridgehead atoms. The van der Waals surface area contributed by atoms with E-state index in [0.717, 1.165) is 0 Å². The molecule has 0 aliphatic heterocycles. The summed E-state index contributed by atoms with van der Waals surface area (Å²) in [4.78, 5) is 15.6. The topological polar surface area (TPSA) is 69.1 Å². The first-order chi connectivity index (χ1) is 7.18.